The summed E-state index contributed by atoms with van der Waals surface area (Å²) in [5, 5.41) is 5.23. The molecule has 0 bridgehead atoms. The number of carbonyl (C=O) groups excluding carboxylic acids is 3. The standard InChI is InChI=1S/C19H19BrN2O4S/c1-26-18(24)12-21-19(25)13-3-2-4-15(11-13)22-17(23)9-10-27-16-7-5-14(20)6-8-16/h2-8,11H,9-10,12H2,1H3,(H,21,25)(H,22,23). The maximum absolute atomic E-state index is 12.1. The van der Waals surface area contributed by atoms with Crippen molar-refractivity contribution < 1.29 is 19.1 Å². The number of hydrogen-bond acceptors (Lipinski definition) is 5. The molecule has 0 atom stereocenters. The molecule has 2 amide bonds. The molecule has 0 heterocycles. The SMILES string of the molecule is COC(=O)CNC(=O)c1cccc(NC(=O)CCSc2ccc(Br)cc2)c1. The van der Waals surface area contributed by atoms with Gasteiger partial charge in [0.05, 0.1) is 7.11 Å². The van der Waals surface area contributed by atoms with Gasteiger partial charge < -0.3 is 15.4 Å². The molecule has 2 aromatic carbocycles. The summed E-state index contributed by atoms with van der Waals surface area (Å²) in [7, 11) is 1.25. The molecular formula is C19H19BrN2O4S. The van der Waals surface area contributed by atoms with E-state index in [-0.39, 0.29) is 12.5 Å². The molecule has 0 unspecified atom stereocenters. The molecule has 0 radical (unpaired) electrons. The van der Waals surface area contributed by atoms with Gasteiger partial charge in [-0.1, -0.05) is 22.0 Å². The van der Waals surface area contributed by atoms with Gasteiger partial charge in [0.15, 0.2) is 0 Å². The summed E-state index contributed by atoms with van der Waals surface area (Å²) >= 11 is 4.98. The number of halogens is 1. The molecule has 2 N–H and O–H groups in total. The molecular weight excluding hydrogens is 432 g/mol. The molecule has 0 aromatic heterocycles. The molecule has 0 saturated heterocycles. The number of thioether (sulfide) groups is 1. The predicted molar refractivity (Wildman–Crippen MR) is 109 cm³/mol. The van der Waals surface area contributed by atoms with Crippen LogP contribution >= 0.6 is 27.7 Å². The summed E-state index contributed by atoms with van der Waals surface area (Å²) in [5.41, 5.74) is 0.875. The second-order valence-electron chi connectivity index (χ2n) is 5.44. The molecule has 0 aliphatic heterocycles. The molecule has 2 rings (SSSR count). The number of rotatable bonds is 8. The average Bonchev–Trinajstić information content (AvgIpc) is 2.67. The Kier molecular flexibility index (Phi) is 8.35. The number of anilines is 1. The third kappa shape index (κ3) is 7.44. The van der Waals surface area contributed by atoms with E-state index in [1.165, 1.54) is 7.11 Å². The quantitative estimate of drug-likeness (QED) is 0.474. The van der Waals surface area contributed by atoms with Crippen LogP contribution in [0.3, 0.4) is 0 Å². The second kappa shape index (κ2) is 10.7. The van der Waals surface area contributed by atoms with E-state index in [1.54, 1.807) is 36.0 Å². The van der Waals surface area contributed by atoms with E-state index in [2.05, 4.69) is 31.3 Å². The van der Waals surface area contributed by atoms with Crippen molar-refractivity contribution in [1.82, 2.24) is 5.32 Å². The van der Waals surface area contributed by atoms with Crippen LogP contribution in [0, 0.1) is 0 Å². The highest BCUT2D eigenvalue weighted by atomic mass is 79.9. The van der Waals surface area contributed by atoms with Crippen molar-refractivity contribution in [3.05, 3.63) is 58.6 Å². The van der Waals surface area contributed by atoms with Crippen LogP contribution in [0.2, 0.25) is 0 Å². The number of benzene rings is 2. The smallest absolute Gasteiger partial charge is 0.325 e. The summed E-state index contributed by atoms with van der Waals surface area (Å²) < 4.78 is 5.49. The van der Waals surface area contributed by atoms with E-state index >= 15 is 0 Å². The van der Waals surface area contributed by atoms with E-state index in [4.69, 9.17) is 0 Å². The lowest BCUT2D eigenvalue weighted by Crippen LogP contribution is -2.30. The third-order valence-electron chi connectivity index (χ3n) is 3.44. The first-order valence-electron chi connectivity index (χ1n) is 8.11. The summed E-state index contributed by atoms with van der Waals surface area (Å²) in [6.45, 7) is -0.209. The number of ether oxygens (including phenoxy) is 1. The lowest BCUT2D eigenvalue weighted by Gasteiger charge is -2.08. The largest absolute Gasteiger partial charge is 0.468 e. The van der Waals surface area contributed by atoms with Crippen LogP contribution in [0.1, 0.15) is 16.8 Å². The van der Waals surface area contributed by atoms with Crippen molar-refractivity contribution in [2.45, 2.75) is 11.3 Å². The number of amides is 2. The molecule has 0 aliphatic carbocycles. The summed E-state index contributed by atoms with van der Waals surface area (Å²) in [4.78, 5) is 36.3. The van der Waals surface area contributed by atoms with Crippen LogP contribution in [-0.4, -0.2) is 37.2 Å². The Morgan fingerprint density at radius 1 is 1.11 bits per heavy atom. The van der Waals surface area contributed by atoms with Crippen molar-refractivity contribution >= 4 is 51.2 Å². The average molecular weight is 451 g/mol. The molecule has 8 heteroatoms. The van der Waals surface area contributed by atoms with Crippen molar-refractivity contribution in [2.24, 2.45) is 0 Å². The molecule has 27 heavy (non-hydrogen) atoms. The number of nitrogens with one attached hydrogen (secondary N) is 2. The van der Waals surface area contributed by atoms with Crippen molar-refractivity contribution in [2.75, 3.05) is 24.7 Å². The van der Waals surface area contributed by atoms with Crippen LogP contribution in [0.5, 0.6) is 0 Å². The van der Waals surface area contributed by atoms with Crippen LogP contribution in [-0.2, 0) is 14.3 Å². The van der Waals surface area contributed by atoms with E-state index in [0.717, 1.165) is 9.37 Å². The van der Waals surface area contributed by atoms with Crippen LogP contribution in [0.15, 0.2) is 57.9 Å². The lowest BCUT2D eigenvalue weighted by atomic mass is 10.2. The number of esters is 1. The van der Waals surface area contributed by atoms with Gasteiger partial charge in [-0.15, -0.1) is 11.8 Å². The van der Waals surface area contributed by atoms with Crippen LogP contribution < -0.4 is 10.6 Å². The molecule has 0 saturated carbocycles. The fourth-order valence-corrected chi connectivity index (χ4v) is 3.20. The zero-order valence-corrected chi connectivity index (χ0v) is 17.1. The Morgan fingerprint density at radius 2 is 1.85 bits per heavy atom. The van der Waals surface area contributed by atoms with E-state index in [9.17, 15) is 14.4 Å². The monoisotopic (exact) mass is 450 g/mol. The molecule has 0 aliphatic rings. The van der Waals surface area contributed by atoms with Gasteiger partial charge in [0.1, 0.15) is 6.54 Å². The van der Waals surface area contributed by atoms with Crippen molar-refractivity contribution in [3.8, 4) is 0 Å². The van der Waals surface area contributed by atoms with E-state index < -0.39 is 11.9 Å². The first kappa shape index (κ1) is 21.0. The normalized spacial score (nSPS) is 10.1. The highest BCUT2D eigenvalue weighted by molar-refractivity contribution is 9.10. The van der Waals surface area contributed by atoms with Crippen LogP contribution in [0.4, 0.5) is 5.69 Å². The van der Waals surface area contributed by atoms with Gasteiger partial charge >= 0.3 is 5.97 Å². The summed E-state index contributed by atoms with van der Waals surface area (Å²) in [6.07, 6.45) is 0.347. The van der Waals surface area contributed by atoms with Gasteiger partial charge in [0.2, 0.25) is 5.91 Å². The topological polar surface area (TPSA) is 84.5 Å². The zero-order chi connectivity index (χ0) is 19.6. The fourth-order valence-electron chi connectivity index (χ4n) is 2.08. The number of hydrogen-bond donors (Lipinski definition) is 2. The molecule has 0 spiro atoms. The Hall–Kier alpha value is -2.32. The Bertz CT molecular complexity index is 812. The van der Waals surface area contributed by atoms with Crippen molar-refractivity contribution in [1.29, 1.82) is 0 Å². The van der Waals surface area contributed by atoms with Gasteiger partial charge in [-0.3, -0.25) is 14.4 Å². The van der Waals surface area contributed by atoms with Crippen LogP contribution in [0.25, 0.3) is 0 Å². The molecule has 2 aromatic rings. The van der Waals surface area contributed by atoms with Gasteiger partial charge in [-0.25, -0.2) is 0 Å². The van der Waals surface area contributed by atoms with E-state index in [0.29, 0.717) is 23.4 Å². The maximum Gasteiger partial charge on any atom is 0.325 e. The third-order valence-corrected chi connectivity index (χ3v) is 4.98. The summed E-state index contributed by atoms with van der Waals surface area (Å²) in [6, 6.07) is 14.4. The van der Waals surface area contributed by atoms with Gasteiger partial charge in [-0.2, -0.15) is 0 Å². The van der Waals surface area contributed by atoms with Gasteiger partial charge in [0, 0.05) is 32.8 Å². The number of methoxy groups -OCH3 is 1. The molecule has 142 valence electrons. The van der Waals surface area contributed by atoms with Gasteiger partial charge in [0.25, 0.3) is 5.91 Å². The first-order chi connectivity index (χ1) is 13.0. The first-order valence-corrected chi connectivity index (χ1v) is 9.89. The Morgan fingerprint density at radius 3 is 2.56 bits per heavy atom. The minimum Gasteiger partial charge on any atom is -0.468 e. The van der Waals surface area contributed by atoms with E-state index in [1.807, 2.05) is 24.3 Å². The minimum atomic E-state index is -0.531. The lowest BCUT2D eigenvalue weighted by molar-refractivity contribution is -0.139. The zero-order valence-electron chi connectivity index (χ0n) is 14.7. The van der Waals surface area contributed by atoms with Crippen molar-refractivity contribution in [3.63, 3.8) is 0 Å². The van der Waals surface area contributed by atoms with Gasteiger partial charge in [-0.05, 0) is 42.5 Å². The second-order valence-corrected chi connectivity index (χ2v) is 7.52. The summed E-state index contributed by atoms with van der Waals surface area (Å²) in [5.74, 6) is -0.433. The number of carbonyl (C=O) groups is 3. The highest BCUT2D eigenvalue weighted by Crippen LogP contribution is 2.21. The maximum atomic E-state index is 12.1. The minimum absolute atomic E-state index is 0.133. The Labute approximate surface area is 170 Å². The Balaban J connectivity index is 1.82. The molecule has 6 nitrogen and oxygen atoms in total. The fraction of sp³-hybridized carbons (Fsp3) is 0.211. The highest BCUT2D eigenvalue weighted by Gasteiger charge is 2.10. The predicted octanol–water partition coefficient (Wildman–Crippen LogP) is 3.47. The molecule has 0 fully saturated rings.